The van der Waals surface area contributed by atoms with Gasteiger partial charge in [0.15, 0.2) is 0 Å². The third kappa shape index (κ3) is 3.21. The highest BCUT2D eigenvalue weighted by atomic mass is 35.5. The molecular weight excluding hydrogens is 316 g/mol. The first-order chi connectivity index (χ1) is 9.87. The number of amides is 1. The van der Waals surface area contributed by atoms with Crippen molar-refractivity contribution in [3.05, 3.63) is 28.8 Å². The maximum Gasteiger partial charge on any atom is 0.278 e. The Morgan fingerprint density at radius 2 is 1.95 bits per heavy atom. The topological polar surface area (TPSA) is 66.9 Å². The molecule has 2 rings (SSSR count). The van der Waals surface area contributed by atoms with Crippen LogP contribution in [0.25, 0.3) is 0 Å². The van der Waals surface area contributed by atoms with Crippen LogP contribution in [-0.4, -0.2) is 50.9 Å². The van der Waals surface area contributed by atoms with Crippen molar-refractivity contribution in [2.24, 2.45) is 0 Å². The zero-order valence-electron chi connectivity index (χ0n) is 11.9. The lowest BCUT2D eigenvalue weighted by atomic mass is 10.2. The molecule has 0 unspecified atom stereocenters. The fraction of sp³-hybridized carbons (Fsp3) is 0.462. The van der Waals surface area contributed by atoms with Crippen molar-refractivity contribution in [3.8, 4) is 0 Å². The van der Waals surface area contributed by atoms with E-state index in [0.29, 0.717) is 13.1 Å². The van der Waals surface area contributed by atoms with E-state index < -0.39 is 15.9 Å². The number of rotatable bonds is 4. The molecule has 116 valence electrons. The van der Waals surface area contributed by atoms with Crippen LogP contribution < -0.4 is 0 Å². The number of halogens is 1. The van der Waals surface area contributed by atoms with Gasteiger partial charge < -0.3 is 0 Å². The van der Waals surface area contributed by atoms with Crippen LogP contribution in [0.3, 0.4) is 0 Å². The van der Waals surface area contributed by atoms with Crippen LogP contribution in [0.2, 0.25) is 5.02 Å². The van der Waals surface area contributed by atoms with Crippen molar-refractivity contribution in [2.45, 2.75) is 17.7 Å². The fourth-order valence-electron chi connectivity index (χ4n) is 2.16. The molecule has 1 saturated heterocycles. The summed E-state index contributed by atoms with van der Waals surface area (Å²) in [6, 6.07) is 4.13. The molecular formula is C13H17ClN2O4S. The number of hydrogen-bond donors (Lipinski definition) is 0. The van der Waals surface area contributed by atoms with Crippen LogP contribution in [0, 0.1) is 0 Å². The van der Waals surface area contributed by atoms with E-state index in [9.17, 15) is 13.2 Å². The Labute approximate surface area is 129 Å². The summed E-state index contributed by atoms with van der Waals surface area (Å²) in [5.74, 6) is -0.499. The Morgan fingerprint density at radius 3 is 2.52 bits per heavy atom. The molecule has 1 aromatic rings. The summed E-state index contributed by atoms with van der Waals surface area (Å²) in [7, 11) is -0.806. The minimum atomic E-state index is -3.58. The number of hydroxylamine groups is 2. The molecule has 6 nitrogen and oxygen atoms in total. The van der Waals surface area contributed by atoms with E-state index in [2.05, 4.69) is 0 Å². The SMILES string of the molecule is CON(C)C(=O)c1cc(S(=O)(=O)N2CCCC2)ccc1Cl. The highest BCUT2D eigenvalue weighted by Crippen LogP contribution is 2.26. The maximum atomic E-state index is 12.5. The second-order valence-corrected chi connectivity index (χ2v) is 7.08. The van der Waals surface area contributed by atoms with E-state index >= 15 is 0 Å². The van der Waals surface area contributed by atoms with E-state index in [0.717, 1.165) is 17.9 Å². The van der Waals surface area contributed by atoms with Gasteiger partial charge in [-0.3, -0.25) is 9.63 Å². The molecule has 0 bridgehead atoms. The van der Waals surface area contributed by atoms with Crippen LogP contribution >= 0.6 is 11.6 Å². The number of carbonyl (C=O) groups is 1. The molecule has 0 aliphatic carbocycles. The molecule has 0 atom stereocenters. The van der Waals surface area contributed by atoms with E-state index in [-0.39, 0.29) is 15.5 Å². The maximum absolute atomic E-state index is 12.5. The smallest absolute Gasteiger partial charge is 0.274 e. The standard InChI is InChI=1S/C13H17ClN2O4S/c1-15(20-2)13(17)11-9-10(5-6-12(11)14)21(18,19)16-7-3-4-8-16/h5-6,9H,3-4,7-8H2,1-2H3. The van der Waals surface area contributed by atoms with Gasteiger partial charge in [-0.05, 0) is 31.0 Å². The summed E-state index contributed by atoms with van der Waals surface area (Å²) in [4.78, 5) is 17.0. The summed E-state index contributed by atoms with van der Waals surface area (Å²) >= 11 is 5.99. The molecule has 0 N–H and O–H groups in total. The molecule has 0 saturated carbocycles. The molecule has 1 aliphatic rings. The predicted molar refractivity (Wildman–Crippen MR) is 78.5 cm³/mol. The Kier molecular flexibility index (Phi) is 4.88. The summed E-state index contributed by atoms with van der Waals surface area (Å²) in [5.41, 5.74) is 0.0984. The Morgan fingerprint density at radius 1 is 1.33 bits per heavy atom. The molecule has 1 aromatic carbocycles. The predicted octanol–water partition coefficient (Wildman–Crippen LogP) is 1.76. The summed E-state index contributed by atoms with van der Waals surface area (Å²) in [6.07, 6.45) is 1.70. The summed E-state index contributed by atoms with van der Waals surface area (Å²) in [6.45, 7) is 1.01. The van der Waals surface area contributed by atoms with Crippen LogP contribution in [0.5, 0.6) is 0 Å². The monoisotopic (exact) mass is 332 g/mol. The second-order valence-electron chi connectivity index (χ2n) is 4.74. The molecule has 21 heavy (non-hydrogen) atoms. The van der Waals surface area contributed by atoms with Gasteiger partial charge in [0.2, 0.25) is 10.0 Å². The molecule has 1 heterocycles. The molecule has 0 spiro atoms. The highest BCUT2D eigenvalue weighted by Gasteiger charge is 2.28. The zero-order chi connectivity index (χ0) is 15.6. The quantitative estimate of drug-likeness (QED) is 0.788. The first kappa shape index (κ1) is 16.2. The number of carbonyl (C=O) groups excluding carboxylic acids is 1. The Hall–Kier alpha value is -1.15. The highest BCUT2D eigenvalue weighted by molar-refractivity contribution is 7.89. The largest absolute Gasteiger partial charge is 0.278 e. The van der Waals surface area contributed by atoms with Crippen LogP contribution in [0.1, 0.15) is 23.2 Å². The number of sulfonamides is 1. The normalized spacial score (nSPS) is 16.1. The minimum absolute atomic E-state index is 0.0710. The van der Waals surface area contributed by atoms with Gasteiger partial charge >= 0.3 is 0 Å². The van der Waals surface area contributed by atoms with Gasteiger partial charge in [0.25, 0.3) is 5.91 Å². The van der Waals surface area contributed by atoms with Crippen molar-refractivity contribution >= 4 is 27.5 Å². The van der Waals surface area contributed by atoms with Gasteiger partial charge in [-0.2, -0.15) is 4.31 Å². The number of nitrogens with zero attached hydrogens (tertiary/aromatic N) is 2. The number of benzene rings is 1. The van der Waals surface area contributed by atoms with Crippen LogP contribution in [0.4, 0.5) is 0 Å². The Balaban J connectivity index is 2.41. The van der Waals surface area contributed by atoms with Gasteiger partial charge in [-0.15, -0.1) is 0 Å². The lowest BCUT2D eigenvalue weighted by Gasteiger charge is -2.18. The lowest BCUT2D eigenvalue weighted by Crippen LogP contribution is -2.29. The van der Waals surface area contributed by atoms with Gasteiger partial charge in [-0.25, -0.2) is 13.5 Å². The fourth-order valence-corrected chi connectivity index (χ4v) is 3.90. The van der Waals surface area contributed by atoms with Gasteiger partial charge in [-0.1, -0.05) is 11.6 Å². The van der Waals surface area contributed by atoms with Crippen LogP contribution in [-0.2, 0) is 14.9 Å². The van der Waals surface area contributed by atoms with Crippen molar-refractivity contribution in [2.75, 3.05) is 27.2 Å². The van der Waals surface area contributed by atoms with E-state index in [1.54, 1.807) is 0 Å². The van der Waals surface area contributed by atoms with Crippen molar-refractivity contribution < 1.29 is 18.0 Å². The molecule has 1 aliphatic heterocycles. The van der Waals surface area contributed by atoms with E-state index in [1.807, 2.05) is 0 Å². The average Bonchev–Trinajstić information content (AvgIpc) is 3.01. The van der Waals surface area contributed by atoms with Gasteiger partial charge in [0.05, 0.1) is 22.6 Å². The first-order valence-electron chi connectivity index (χ1n) is 6.50. The molecule has 0 aromatic heterocycles. The molecule has 8 heteroatoms. The lowest BCUT2D eigenvalue weighted by molar-refractivity contribution is -0.0757. The minimum Gasteiger partial charge on any atom is -0.274 e. The molecule has 0 radical (unpaired) electrons. The third-order valence-corrected chi connectivity index (χ3v) is 5.66. The molecule has 1 amide bonds. The molecule has 1 fully saturated rings. The van der Waals surface area contributed by atoms with Crippen molar-refractivity contribution in [3.63, 3.8) is 0 Å². The first-order valence-corrected chi connectivity index (χ1v) is 8.31. The second kappa shape index (κ2) is 6.31. The number of hydrogen-bond acceptors (Lipinski definition) is 4. The van der Waals surface area contributed by atoms with Crippen molar-refractivity contribution in [1.29, 1.82) is 0 Å². The van der Waals surface area contributed by atoms with Gasteiger partial charge in [0.1, 0.15) is 0 Å². The summed E-state index contributed by atoms with van der Waals surface area (Å²) < 4.78 is 26.4. The summed E-state index contributed by atoms with van der Waals surface area (Å²) in [5, 5.41) is 1.18. The average molecular weight is 333 g/mol. The van der Waals surface area contributed by atoms with Crippen molar-refractivity contribution in [1.82, 2.24) is 9.37 Å². The third-order valence-electron chi connectivity index (χ3n) is 3.43. The van der Waals surface area contributed by atoms with Crippen LogP contribution in [0.15, 0.2) is 23.1 Å². The Bertz CT molecular complexity index is 642. The van der Waals surface area contributed by atoms with Gasteiger partial charge in [0, 0.05) is 20.1 Å². The zero-order valence-corrected chi connectivity index (χ0v) is 13.4. The van der Waals surface area contributed by atoms with E-state index in [4.69, 9.17) is 16.4 Å². The van der Waals surface area contributed by atoms with E-state index in [1.165, 1.54) is 36.7 Å².